The topological polar surface area (TPSA) is 73.4 Å². The van der Waals surface area contributed by atoms with E-state index in [4.69, 9.17) is 5.11 Å². The molecule has 0 saturated carbocycles. The highest BCUT2D eigenvalue weighted by molar-refractivity contribution is 5.63. The number of carbonyl (C=O) groups is 1. The smallest absolute Gasteiger partial charge is 0.419 e. The van der Waals surface area contributed by atoms with Crippen molar-refractivity contribution in [3.63, 3.8) is 0 Å². The Morgan fingerprint density at radius 1 is 1.58 bits per heavy atom. The highest BCUT2D eigenvalue weighted by atomic mass is 16.4. The lowest BCUT2D eigenvalue weighted by Crippen LogP contribution is -2.52. The summed E-state index contributed by atoms with van der Waals surface area (Å²) >= 11 is 0. The Hall–Kier alpha value is -0.810. The number of carboxylic acid groups (broad SMARTS) is 1. The molecule has 1 heterocycles. The van der Waals surface area contributed by atoms with Gasteiger partial charge in [-0.15, -0.1) is 0 Å². The zero-order valence-electron chi connectivity index (χ0n) is 7.13. The van der Waals surface area contributed by atoms with Crippen molar-refractivity contribution < 1.29 is 9.90 Å². The molecule has 2 atom stereocenters. The first kappa shape index (κ1) is 9.28. The van der Waals surface area contributed by atoms with Gasteiger partial charge in [0.15, 0.2) is 0 Å². The normalized spacial score (nSPS) is 29.8. The van der Waals surface area contributed by atoms with Crippen LogP contribution in [0.4, 0.5) is 4.79 Å². The van der Waals surface area contributed by atoms with Crippen LogP contribution in [-0.4, -0.2) is 30.3 Å². The lowest BCUT2D eigenvalue weighted by molar-refractivity contribution is 0.182. The summed E-state index contributed by atoms with van der Waals surface area (Å²) in [5.41, 5.74) is 4.90. The van der Waals surface area contributed by atoms with Crippen molar-refractivity contribution in [2.75, 3.05) is 13.1 Å². The number of hydrogen-bond acceptors (Lipinski definition) is 3. The fraction of sp³-hybridized carbons (Fsp3) is 0.857. The standard InChI is InChI=1S/C7H15N3O2/c1-5-2-6(4-8-3-5)9-10-7(11)12/h5-6,8-10H,2-4H2,1H3,(H,11,12)/t5-,6+/m0/s1. The summed E-state index contributed by atoms with van der Waals surface area (Å²) in [6.45, 7) is 3.98. The van der Waals surface area contributed by atoms with E-state index in [-0.39, 0.29) is 6.04 Å². The molecule has 1 aliphatic heterocycles. The predicted molar refractivity (Wildman–Crippen MR) is 44.7 cm³/mol. The van der Waals surface area contributed by atoms with E-state index in [0.29, 0.717) is 5.92 Å². The van der Waals surface area contributed by atoms with Crippen LogP contribution < -0.4 is 16.2 Å². The monoisotopic (exact) mass is 173 g/mol. The van der Waals surface area contributed by atoms with E-state index in [2.05, 4.69) is 23.1 Å². The number of piperidine rings is 1. The number of hydrazine groups is 1. The molecule has 0 aromatic rings. The van der Waals surface area contributed by atoms with Crippen molar-refractivity contribution in [2.45, 2.75) is 19.4 Å². The summed E-state index contributed by atoms with van der Waals surface area (Å²) in [5, 5.41) is 11.5. The third kappa shape index (κ3) is 3.06. The molecule has 1 aliphatic rings. The average molecular weight is 173 g/mol. The molecular formula is C7H15N3O2. The van der Waals surface area contributed by atoms with Gasteiger partial charge in [-0.1, -0.05) is 6.92 Å². The molecule has 1 saturated heterocycles. The van der Waals surface area contributed by atoms with Gasteiger partial charge >= 0.3 is 6.09 Å². The highest BCUT2D eigenvalue weighted by Gasteiger charge is 2.17. The quantitative estimate of drug-likeness (QED) is 0.435. The van der Waals surface area contributed by atoms with Crippen LogP contribution in [-0.2, 0) is 0 Å². The Bertz CT molecular complexity index is 163. The molecule has 0 spiro atoms. The lowest BCUT2D eigenvalue weighted by atomic mass is 9.98. The Kier molecular flexibility index (Phi) is 3.31. The molecule has 0 unspecified atom stereocenters. The Labute approximate surface area is 71.5 Å². The molecule has 1 fully saturated rings. The van der Waals surface area contributed by atoms with Crippen LogP contribution in [0.5, 0.6) is 0 Å². The molecule has 0 radical (unpaired) electrons. The second-order valence-electron chi connectivity index (χ2n) is 3.27. The van der Waals surface area contributed by atoms with Gasteiger partial charge < -0.3 is 10.4 Å². The molecule has 4 N–H and O–H groups in total. The van der Waals surface area contributed by atoms with Crippen LogP contribution >= 0.6 is 0 Å². The number of nitrogens with one attached hydrogen (secondary N) is 3. The van der Waals surface area contributed by atoms with E-state index in [1.807, 2.05) is 0 Å². The van der Waals surface area contributed by atoms with Crippen molar-refractivity contribution in [1.82, 2.24) is 16.2 Å². The molecule has 5 nitrogen and oxygen atoms in total. The van der Waals surface area contributed by atoms with Gasteiger partial charge in [0.1, 0.15) is 0 Å². The molecule has 0 bridgehead atoms. The minimum absolute atomic E-state index is 0.213. The van der Waals surface area contributed by atoms with Gasteiger partial charge in [0, 0.05) is 12.6 Å². The van der Waals surface area contributed by atoms with Crippen LogP contribution in [0.2, 0.25) is 0 Å². The highest BCUT2D eigenvalue weighted by Crippen LogP contribution is 2.08. The SMILES string of the molecule is C[C@@H]1CNC[C@H](NNC(=O)O)C1. The van der Waals surface area contributed by atoms with E-state index in [9.17, 15) is 4.79 Å². The lowest BCUT2D eigenvalue weighted by Gasteiger charge is -2.27. The van der Waals surface area contributed by atoms with Gasteiger partial charge in [-0.25, -0.2) is 10.2 Å². The summed E-state index contributed by atoms with van der Waals surface area (Å²) < 4.78 is 0. The zero-order valence-corrected chi connectivity index (χ0v) is 7.13. The van der Waals surface area contributed by atoms with Gasteiger partial charge in [0.25, 0.3) is 0 Å². The molecule has 5 heteroatoms. The summed E-state index contributed by atoms with van der Waals surface area (Å²) in [6, 6.07) is 0.213. The van der Waals surface area contributed by atoms with Gasteiger partial charge in [-0.2, -0.15) is 0 Å². The van der Waals surface area contributed by atoms with Gasteiger partial charge in [0.05, 0.1) is 0 Å². The minimum atomic E-state index is -1.03. The van der Waals surface area contributed by atoms with E-state index in [1.165, 1.54) is 0 Å². The average Bonchev–Trinajstić information content (AvgIpc) is 2.01. The third-order valence-corrected chi connectivity index (χ3v) is 1.95. The van der Waals surface area contributed by atoms with Crippen molar-refractivity contribution >= 4 is 6.09 Å². The summed E-state index contributed by atoms with van der Waals surface area (Å²) in [5.74, 6) is 0.604. The number of rotatable bonds is 2. The van der Waals surface area contributed by atoms with E-state index >= 15 is 0 Å². The summed E-state index contributed by atoms with van der Waals surface area (Å²) in [7, 11) is 0. The van der Waals surface area contributed by atoms with Crippen LogP contribution in [0, 0.1) is 5.92 Å². The van der Waals surface area contributed by atoms with E-state index < -0.39 is 6.09 Å². The number of hydrogen-bond donors (Lipinski definition) is 4. The maximum atomic E-state index is 10.1. The Morgan fingerprint density at radius 3 is 2.92 bits per heavy atom. The van der Waals surface area contributed by atoms with Gasteiger partial charge in [0.2, 0.25) is 0 Å². The first-order chi connectivity index (χ1) is 5.68. The fourth-order valence-corrected chi connectivity index (χ4v) is 1.43. The first-order valence-electron chi connectivity index (χ1n) is 4.13. The molecule has 1 amide bonds. The number of amides is 1. The summed E-state index contributed by atoms with van der Waals surface area (Å²) in [6.07, 6.45) is -0.0268. The largest absolute Gasteiger partial charge is 0.464 e. The molecule has 0 aliphatic carbocycles. The Balaban J connectivity index is 2.18. The fourth-order valence-electron chi connectivity index (χ4n) is 1.43. The second-order valence-corrected chi connectivity index (χ2v) is 3.27. The molecule has 0 aromatic heterocycles. The van der Waals surface area contributed by atoms with Crippen LogP contribution in [0.15, 0.2) is 0 Å². The van der Waals surface area contributed by atoms with Gasteiger partial charge in [-0.05, 0) is 18.9 Å². The van der Waals surface area contributed by atoms with Gasteiger partial charge in [-0.3, -0.25) is 5.43 Å². The summed E-state index contributed by atoms with van der Waals surface area (Å²) in [4.78, 5) is 10.1. The van der Waals surface area contributed by atoms with E-state index in [1.54, 1.807) is 0 Å². The second kappa shape index (κ2) is 4.27. The van der Waals surface area contributed by atoms with Crippen LogP contribution in [0.3, 0.4) is 0 Å². The van der Waals surface area contributed by atoms with Crippen LogP contribution in [0.25, 0.3) is 0 Å². The Morgan fingerprint density at radius 2 is 2.33 bits per heavy atom. The first-order valence-corrected chi connectivity index (χ1v) is 4.13. The molecule has 70 valence electrons. The minimum Gasteiger partial charge on any atom is -0.464 e. The van der Waals surface area contributed by atoms with E-state index in [0.717, 1.165) is 19.5 Å². The molecule has 0 aromatic carbocycles. The zero-order chi connectivity index (χ0) is 8.97. The van der Waals surface area contributed by atoms with Crippen molar-refractivity contribution in [1.29, 1.82) is 0 Å². The molecule has 1 rings (SSSR count). The van der Waals surface area contributed by atoms with Crippen molar-refractivity contribution in [3.05, 3.63) is 0 Å². The maximum absolute atomic E-state index is 10.1. The van der Waals surface area contributed by atoms with Crippen LogP contribution in [0.1, 0.15) is 13.3 Å². The molecule has 12 heavy (non-hydrogen) atoms. The maximum Gasteiger partial charge on any atom is 0.419 e. The third-order valence-electron chi connectivity index (χ3n) is 1.95. The van der Waals surface area contributed by atoms with Crippen molar-refractivity contribution in [2.24, 2.45) is 5.92 Å². The molecular weight excluding hydrogens is 158 g/mol. The predicted octanol–water partition coefficient (Wildman–Crippen LogP) is -0.243. The van der Waals surface area contributed by atoms with Crippen molar-refractivity contribution in [3.8, 4) is 0 Å².